The molecule has 0 radical (unpaired) electrons. The summed E-state index contributed by atoms with van der Waals surface area (Å²) in [6.45, 7) is 0.479. The number of anilines is 2. The van der Waals surface area contributed by atoms with Gasteiger partial charge in [-0.3, -0.25) is 0 Å². The van der Waals surface area contributed by atoms with Gasteiger partial charge in [-0.25, -0.2) is 19.6 Å². The van der Waals surface area contributed by atoms with Crippen LogP contribution < -0.4 is 10.6 Å². The lowest BCUT2D eigenvalue weighted by Gasteiger charge is -2.15. The molecule has 27 heavy (non-hydrogen) atoms. The first kappa shape index (κ1) is 16.8. The van der Waals surface area contributed by atoms with E-state index in [-0.39, 0.29) is 5.75 Å². The summed E-state index contributed by atoms with van der Waals surface area (Å²) in [4.78, 5) is 14.9. The lowest BCUT2D eigenvalue weighted by Crippen LogP contribution is -2.15. The van der Waals surface area contributed by atoms with E-state index in [0.717, 1.165) is 16.9 Å². The third kappa shape index (κ3) is 3.01. The minimum absolute atomic E-state index is 0.160. The summed E-state index contributed by atoms with van der Waals surface area (Å²) >= 11 is 0. The number of nitrogens with zero attached hydrogens (tertiary/aromatic N) is 6. The van der Waals surface area contributed by atoms with Crippen LogP contribution in [0, 0.1) is 0 Å². The van der Waals surface area contributed by atoms with Gasteiger partial charge in [0.25, 0.3) is 0 Å². The van der Waals surface area contributed by atoms with Crippen LogP contribution in [0.15, 0.2) is 48.9 Å². The molecule has 8 nitrogen and oxygen atoms in total. The Hall–Kier alpha value is -3.68. The Kier molecular flexibility index (Phi) is 4.08. The molecule has 0 amide bonds. The first-order valence-electron chi connectivity index (χ1n) is 8.42. The SMILES string of the molecule is CN(C)c1ncccc1Cn1nc(-c2cccc(O)c2)c2c(N)ncnc21. The van der Waals surface area contributed by atoms with E-state index in [1.54, 1.807) is 29.1 Å². The van der Waals surface area contributed by atoms with Crippen molar-refractivity contribution in [2.45, 2.75) is 6.54 Å². The fraction of sp³-hybridized carbons (Fsp3) is 0.158. The summed E-state index contributed by atoms with van der Waals surface area (Å²) < 4.78 is 1.79. The van der Waals surface area contributed by atoms with E-state index in [4.69, 9.17) is 10.8 Å². The normalized spacial score (nSPS) is 11.0. The number of aromatic nitrogens is 5. The smallest absolute Gasteiger partial charge is 0.164 e. The summed E-state index contributed by atoms with van der Waals surface area (Å²) in [5.41, 5.74) is 9.15. The number of phenolic OH excluding ortho intramolecular Hbond substituents is 1. The molecule has 0 saturated carbocycles. The van der Waals surface area contributed by atoms with Crippen LogP contribution in [0.25, 0.3) is 22.3 Å². The van der Waals surface area contributed by atoms with Gasteiger partial charge < -0.3 is 15.7 Å². The molecule has 1 aromatic carbocycles. The average Bonchev–Trinajstić information content (AvgIpc) is 3.02. The third-order valence-electron chi connectivity index (χ3n) is 4.29. The van der Waals surface area contributed by atoms with Gasteiger partial charge in [-0.05, 0) is 18.2 Å². The molecule has 8 heteroatoms. The molecule has 3 N–H and O–H groups in total. The van der Waals surface area contributed by atoms with Gasteiger partial charge in [-0.1, -0.05) is 18.2 Å². The number of fused-ring (bicyclic) bond motifs is 1. The summed E-state index contributed by atoms with van der Waals surface area (Å²) in [7, 11) is 3.90. The number of hydrogen-bond acceptors (Lipinski definition) is 7. The number of aromatic hydroxyl groups is 1. The highest BCUT2D eigenvalue weighted by Crippen LogP contribution is 2.32. The highest BCUT2D eigenvalue weighted by Gasteiger charge is 2.18. The maximum atomic E-state index is 9.84. The third-order valence-corrected chi connectivity index (χ3v) is 4.29. The minimum atomic E-state index is 0.160. The molecule has 0 spiro atoms. The second kappa shape index (κ2) is 6.56. The standard InChI is InChI=1S/C19H19N7O/c1-25(2)18-13(6-4-8-21-18)10-26-19-15(17(20)22-11-23-19)16(24-26)12-5-3-7-14(27)9-12/h3-9,11,27H,10H2,1-2H3,(H2,20,22,23). The van der Waals surface area contributed by atoms with Crippen molar-refractivity contribution in [3.63, 3.8) is 0 Å². The van der Waals surface area contributed by atoms with E-state index in [1.807, 2.05) is 37.2 Å². The Morgan fingerprint density at radius 2 is 1.96 bits per heavy atom. The molecule has 4 rings (SSSR count). The van der Waals surface area contributed by atoms with Crippen LogP contribution in [-0.4, -0.2) is 43.9 Å². The molecule has 0 bridgehead atoms. The van der Waals surface area contributed by atoms with Gasteiger partial charge in [0.2, 0.25) is 0 Å². The van der Waals surface area contributed by atoms with Gasteiger partial charge in [-0.2, -0.15) is 5.10 Å². The molecule has 0 aliphatic rings. The number of hydrogen-bond donors (Lipinski definition) is 2. The highest BCUT2D eigenvalue weighted by atomic mass is 16.3. The molecule has 3 heterocycles. The summed E-state index contributed by atoms with van der Waals surface area (Å²) in [5, 5.41) is 15.2. The molecular formula is C19H19N7O. The van der Waals surface area contributed by atoms with E-state index >= 15 is 0 Å². The molecule has 0 fully saturated rings. The van der Waals surface area contributed by atoms with E-state index < -0.39 is 0 Å². The van der Waals surface area contributed by atoms with Crippen molar-refractivity contribution in [2.75, 3.05) is 24.7 Å². The maximum Gasteiger partial charge on any atom is 0.164 e. The predicted molar refractivity (Wildman–Crippen MR) is 105 cm³/mol. The van der Waals surface area contributed by atoms with Gasteiger partial charge in [-0.15, -0.1) is 0 Å². The Morgan fingerprint density at radius 1 is 1.11 bits per heavy atom. The number of pyridine rings is 1. The Bertz CT molecular complexity index is 1120. The van der Waals surface area contributed by atoms with Crippen LogP contribution in [0.5, 0.6) is 5.75 Å². The number of nitrogens with two attached hydrogens (primary N) is 1. The van der Waals surface area contributed by atoms with Gasteiger partial charge >= 0.3 is 0 Å². The van der Waals surface area contributed by atoms with Crippen molar-refractivity contribution in [1.29, 1.82) is 0 Å². The lowest BCUT2D eigenvalue weighted by atomic mass is 10.1. The van der Waals surface area contributed by atoms with Crippen LogP contribution in [0.4, 0.5) is 11.6 Å². The minimum Gasteiger partial charge on any atom is -0.508 e. The van der Waals surface area contributed by atoms with Gasteiger partial charge in [0.1, 0.15) is 29.4 Å². The van der Waals surface area contributed by atoms with Crippen molar-refractivity contribution in [2.24, 2.45) is 0 Å². The number of benzene rings is 1. The average molecular weight is 361 g/mol. The van der Waals surface area contributed by atoms with Crippen molar-refractivity contribution in [3.8, 4) is 17.0 Å². The zero-order valence-electron chi connectivity index (χ0n) is 15.0. The molecular weight excluding hydrogens is 342 g/mol. The summed E-state index contributed by atoms with van der Waals surface area (Å²) in [6, 6.07) is 10.8. The molecule has 4 aromatic rings. The van der Waals surface area contributed by atoms with Crippen molar-refractivity contribution < 1.29 is 5.11 Å². The second-order valence-electron chi connectivity index (χ2n) is 6.39. The fourth-order valence-corrected chi connectivity index (χ4v) is 3.11. The predicted octanol–water partition coefficient (Wildman–Crippen LogP) is 2.29. The Balaban J connectivity index is 1.89. The van der Waals surface area contributed by atoms with Gasteiger partial charge in [0.15, 0.2) is 5.65 Å². The number of phenols is 1. The fourth-order valence-electron chi connectivity index (χ4n) is 3.11. The van der Waals surface area contributed by atoms with Gasteiger partial charge in [0.05, 0.1) is 11.9 Å². The monoisotopic (exact) mass is 361 g/mol. The van der Waals surface area contributed by atoms with Crippen LogP contribution in [-0.2, 0) is 6.54 Å². The largest absolute Gasteiger partial charge is 0.508 e. The molecule has 0 aliphatic carbocycles. The van der Waals surface area contributed by atoms with Crippen molar-refractivity contribution in [1.82, 2.24) is 24.7 Å². The Labute approximate surface area is 155 Å². The van der Waals surface area contributed by atoms with E-state index in [0.29, 0.717) is 29.1 Å². The molecule has 3 aromatic heterocycles. The quantitative estimate of drug-likeness (QED) is 0.574. The highest BCUT2D eigenvalue weighted by molar-refractivity contribution is 5.98. The molecule has 0 unspecified atom stereocenters. The van der Waals surface area contributed by atoms with Gasteiger partial charge in [0, 0.05) is 31.4 Å². The topological polar surface area (TPSA) is 106 Å². The molecule has 136 valence electrons. The molecule has 0 aliphatic heterocycles. The molecule has 0 saturated heterocycles. The van der Waals surface area contributed by atoms with Crippen LogP contribution >= 0.6 is 0 Å². The maximum absolute atomic E-state index is 9.84. The van der Waals surface area contributed by atoms with Crippen LogP contribution in [0.2, 0.25) is 0 Å². The summed E-state index contributed by atoms with van der Waals surface area (Å²) in [6.07, 6.45) is 3.19. The first-order chi connectivity index (χ1) is 13.0. The molecule has 0 atom stereocenters. The second-order valence-corrected chi connectivity index (χ2v) is 6.39. The van der Waals surface area contributed by atoms with Crippen LogP contribution in [0.1, 0.15) is 5.56 Å². The van der Waals surface area contributed by atoms with Crippen LogP contribution in [0.3, 0.4) is 0 Å². The van der Waals surface area contributed by atoms with E-state index in [9.17, 15) is 5.11 Å². The lowest BCUT2D eigenvalue weighted by molar-refractivity contribution is 0.475. The van der Waals surface area contributed by atoms with Crippen molar-refractivity contribution >= 4 is 22.7 Å². The number of rotatable bonds is 4. The zero-order chi connectivity index (χ0) is 19.0. The van der Waals surface area contributed by atoms with E-state index in [2.05, 4.69) is 15.0 Å². The number of nitrogen functional groups attached to an aromatic ring is 1. The van der Waals surface area contributed by atoms with Crippen molar-refractivity contribution in [3.05, 3.63) is 54.5 Å². The Morgan fingerprint density at radius 3 is 2.74 bits per heavy atom. The van der Waals surface area contributed by atoms with E-state index in [1.165, 1.54) is 6.33 Å². The zero-order valence-corrected chi connectivity index (χ0v) is 15.0. The first-order valence-corrected chi connectivity index (χ1v) is 8.42. The summed E-state index contributed by atoms with van der Waals surface area (Å²) in [5.74, 6) is 1.37.